The SMILES string of the molecule is Cc1cc2ccc3c4ccnc(-c5cc(C(C)(C)C)c6ccccc6c5)c4oc3c2s1. The van der Waals surface area contributed by atoms with Crippen LogP contribution in [0.2, 0.25) is 0 Å². The van der Waals surface area contributed by atoms with Crippen LogP contribution in [0.1, 0.15) is 31.2 Å². The van der Waals surface area contributed by atoms with Crippen molar-refractivity contribution < 1.29 is 4.42 Å². The van der Waals surface area contributed by atoms with Crippen molar-refractivity contribution in [2.45, 2.75) is 33.1 Å². The molecule has 0 bridgehead atoms. The van der Waals surface area contributed by atoms with Crippen LogP contribution in [0, 0.1) is 6.92 Å². The number of aryl methyl sites for hydroxylation is 1. The van der Waals surface area contributed by atoms with Gasteiger partial charge in [-0.25, -0.2) is 0 Å². The van der Waals surface area contributed by atoms with Gasteiger partial charge < -0.3 is 4.42 Å². The lowest BCUT2D eigenvalue weighted by Crippen LogP contribution is -2.12. The van der Waals surface area contributed by atoms with Gasteiger partial charge in [-0.2, -0.15) is 0 Å². The lowest BCUT2D eigenvalue weighted by atomic mass is 9.82. The van der Waals surface area contributed by atoms with Crippen LogP contribution >= 0.6 is 11.3 Å². The Morgan fingerprint density at radius 1 is 0.806 bits per heavy atom. The monoisotopic (exact) mass is 421 g/mol. The Balaban J connectivity index is 1.70. The molecule has 0 spiro atoms. The molecule has 2 nitrogen and oxygen atoms in total. The maximum absolute atomic E-state index is 6.55. The van der Waals surface area contributed by atoms with Gasteiger partial charge in [0.1, 0.15) is 5.69 Å². The average Bonchev–Trinajstić information content (AvgIpc) is 3.31. The van der Waals surface area contributed by atoms with E-state index in [9.17, 15) is 0 Å². The van der Waals surface area contributed by atoms with Crippen LogP contribution in [0.15, 0.2) is 71.3 Å². The minimum Gasteiger partial charge on any atom is -0.452 e. The van der Waals surface area contributed by atoms with Gasteiger partial charge in [-0.15, -0.1) is 11.3 Å². The number of furan rings is 1. The molecule has 3 aromatic carbocycles. The van der Waals surface area contributed by atoms with Crippen molar-refractivity contribution in [3.63, 3.8) is 0 Å². The Labute approximate surface area is 185 Å². The predicted octanol–water partition coefficient (Wildman–Crippen LogP) is 8.62. The molecule has 0 radical (unpaired) electrons. The van der Waals surface area contributed by atoms with Gasteiger partial charge in [-0.3, -0.25) is 4.98 Å². The molecular formula is C28H23NOS. The van der Waals surface area contributed by atoms with Crippen LogP contribution in [0.25, 0.3) is 54.1 Å². The van der Waals surface area contributed by atoms with E-state index < -0.39 is 0 Å². The molecule has 3 aromatic heterocycles. The van der Waals surface area contributed by atoms with Gasteiger partial charge in [0.05, 0.1) is 4.70 Å². The molecule has 31 heavy (non-hydrogen) atoms. The number of nitrogens with zero attached hydrogens (tertiary/aromatic N) is 1. The zero-order chi connectivity index (χ0) is 21.3. The molecule has 0 saturated heterocycles. The van der Waals surface area contributed by atoms with E-state index in [0.717, 1.165) is 33.2 Å². The van der Waals surface area contributed by atoms with Crippen molar-refractivity contribution in [3.8, 4) is 11.3 Å². The zero-order valence-electron chi connectivity index (χ0n) is 18.1. The maximum atomic E-state index is 6.55. The normalized spacial score (nSPS) is 12.5. The topological polar surface area (TPSA) is 26.0 Å². The Morgan fingerprint density at radius 3 is 2.45 bits per heavy atom. The Bertz CT molecular complexity index is 1630. The molecule has 0 aliphatic heterocycles. The minimum atomic E-state index is 0.0258. The summed E-state index contributed by atoms with van der Waals surface area (Å²) in [5.41, 5.74) is 5.20. The lowest BCUT2D eigenvalue weighted by Gasteiger charge is -2.22. The molecule has 0 atom stereocenters. The van der Waals surface area contributed by atoms with Crippen LogP contribution in [-0.2, 0) is 5.41 Å². The first kappa shape index (κ1) is 18.6. The number of fused-ring (bicyclic) bond motifs is 6. The highest BCUT2D eigenvalue weighted by atomic mass is 32.1. The highest BCUT2D eigenvalue weighted by Gasteiger charge is 2.21. The van der Waals surface area contributed by atoms with Crippen molar-refractivity contribution in [1.82, 2.24) is 4.98 Å². The third-order valence-corrected chi connectivity index (χ3v) is 7.17. The third-order valence-electron chi connectivity index (χ3n) is 6.11. The molecule has 6 aromatic rings. The predicted molar refractivity (Wildman–Crippen MR) is 133 cm³/mol. The lowest BCUT2D eigenvalue weighted by molar-refractivity contribution is 0.596. The van der Waals surface area contributed by atoms with Crippen LogP contribution in [0.5, 0.6) is 0 Å². The standard InChI is InChI=1S/C28H23NOS/c1-16-13-18-9-10-21-22-11-12-29-24(25(22)30-26(21)27(18)31-16)19-14-17-7-5-6-8-20(17)23(15-19)28(2,3)4/h5-15H,1-4H3. The molecule has 3 heterocycles. The smallest absolute Gasteiger partial charge is 0.161 e. The summed E-state index contributed by atoms with van der Waals surface area (Å²) in [6.07, 6.45) is 1.91. The number of benzene rings is 3. The van der Waals surface area contributed by atoms with E-state index >= 15 is 0 Å². The van der Waals surface area contributed by atoms with E-state index in [-0.39, 0.29) is 5.41 Å². The van der Waals surface area contributed by atoms with Gasteiger partial charge in [0.15, 0.2) is 11.2 Å². The van der Waals surface area contributed by atoms with E-state index in [4.69, 9.17) is 9.40 Å². The highest BCUT2D eigenvalue weighted by molar-refractivity contribution is 7.19. The van der Waals surface area contributed by atoms with Gasteiger partial charge in [0.25, 0.3) is 0 Å². The molecular weight excluding hydrogens is 398 g/mol. The Morgan fingerprint density at radius 2 is 1.61 bits per heavy atom. The van der Waals surface area contributed by atoms with Crippen molar-refractivity contribution in [1.29, 1.82) is 0 Å². The number of thiophene rings is 1. The van der Waals surface area contributed by atoms with Crippen molar-refractivity contribution in [2.75, 3.05) is 0 Å². The number of pyridine rings is 1. The molecule has 6 rings (SSSR count). The van der Waals surface area contributed by atoms with Crippen molar-refractivity contribution in [2.24, 2.45) is 0 Å². The molecule has 152 valence electrons. The second kappa shape index (κ2) is 6.41. The number of aromatic nitrogens is 1. The number of rotatable bonds is 1. The molecule has 0 fully saturated rings. The van der Waals surface area contributed by atoms with E-state index in [2.05, 4.69) is 88.4 Å². The summed E-state index contributed by atoms with van der Waals surface area (Å²) >= 11 is 1.79. The molecule has 0 aliphatic carbocycles. The summed E-state index contributed by atoms with van der Waals surface area (Å²) < 4.78 is 7.76. The fourth-order valence-corrected chi connectivity index (χ4v) is 5.66. The quantitative estimate of drug-likeness (QED) is 0.265. The second-order valence-electron chi connectivity index (χ2n) is 9.35. The molecule has 0 amide bonds. The molecule has 0 N–H and O–H groups in total. The van der Waals surface area contributed by atoms with Crippen LogP contribution in [-0.4, -0.2) is 4.98 Å². The summed E-state index contributed by atoms with van der Waals surface area (Å²) in [6.45, 7) is 8.95. The summed E-state index contributed by atoms with van der Waals surface area (Å²) in [6, 6.07) is 21.8. The van der Waals surface area contributed by atoms with Gasteiger partial charge >= 0.3 is 0 Å². The average molecular weight is 422 g/mol. The third kappa shape index (κ3) is 2.80. The minimum absolute atomic E-state index is 0.0258. The Kier molecular flexibility index (Phi) is 3.85. The molecule has 0 saturated carbocycles. The summed E-state index contributed by atoms with van der Waals surface area (Å²) in [7, 11) is 0. The first-order chi connectivity index (χ1) is 14.9. The fourth-order valence-electron chi connectivity index (χ4n) is 4.66. The first-order valence-electron chi connectivity index (χ1n) is 10.6. The summed E-state index contributed by atoms with van der Waals surface area (Å²) in [5.74, 6) is 0. The van der Waals surface area contributed by atoms with Gasteiger partial charge in [-0.1, -0.05) is 51.1 Å². The van der Waals surface area contributed by atoms with E-state index in [1.54, 1.807) is 11.3 Å². The number of hydrogen-bond donors (Lipinski definition) is 0. The van der Waals surface area contributed by atoms with Crippen LogP contribution < -0.4 is 0 Å². The Hall–Kier alpha value is -3.17. The van der Waals surface area contributed by atoms with Gasteiger partial charge in [0, 0.05) is 27.4 Å². The van der Waals surface area contributed by atoms with E-state index in [0.29, 0.717) is 0 Å². The van der Waals surface area contributed by atoms with Crippen LogP contribution in [0.4, 0.5) is 0 Å². The van der Waals surface area contributed by atoms with Gasteiger partial charge in [-0.05, 0) is 64.4 Å². The molecule has 0 aliphatic rings. The largest absolute Gasteiger partial charge is 0.452 e. The highest BCUT2D eigenvalue weighted by Crippen LogP contribution is 2.41. The summed E-state index contributed by atoms with van der Waals surface area (Å²) in [4.78, 5) is 6.09. The maximum Gasteiger partial charge on any atom is 0.161 e. The summed E-state index contributed by atoms with van der Waals surface area (Å²) in [5, 5.41) is 6.05. The molecule has 3 heteroatoms. The first-order valence-corrected chi connectivity index (χ1v) is 11.5. The van der Waals surface area contributed by atoms with Crippen molar-refractivity contribution in [3.05, 3.63) is 77.3 Å². The van der Waals surface area contributed by atoms with Crippen molar-refractivity contribution >= 4 is 54.1 Å². The van der Waals surface area contributed by atoms with Crippen LogP contribution in [0.3, 0.4) is 0 Å². The van der Waals surface area contributed by atoms with Gasteiger partial charge in [0.2, 0.25) is 0 Å². The number of hydrogen-bond acceptors (Lipinski definition) is 3. The molecule has 0 unspecified atom stereocenters. The zero-order valence-corrected chi connectivity index (χ0v) is 18.9. The second-order valence-corrected chi connectivity index (χ2v) is 10.6. The van der Waals surface area contributed by atoms with E-state index in [1.165, 1.54) is 31.3 Å². The fraction of sp³-hybridized carbons (Fsp3) is 0.179. The van der Waals surface area contributed by atoms with E-state index in [1.807, 2.05) is 6.20 Å².